The molecule has 0 saturated carbocycles. The van der Waals surface area contributed by atoms with Gasteiger partial charge in [0.1, 0.15) is 18.2 Å². The number of aromatic nitrogens is 3. The molecule has 11 nitrogen and oxygen atoms in total. The van der Waals surface area contributed by atoms with E-state index in [0.717, 1.165) is 11.4 Å². The number of piperidine rings is 1. The zero-order valence-electron chi connectivity index (χ0n) is 20.4. The highest BCUT2D eigenvalue weighted by Gasteiger charge is 2.27. The molecule has 3 rings (SSSR count). The molecule has 0 spiro atoms. The molecular weight excluding hydrogens is 440 g/mol. The minimum atomic E-state index is -0.468. The second-order valence-electron chi connectivity index (χ2n) is 8.48. The number of ether oxygens (including phenoxy) is 3. The number of pyridine rings is 1. The minimum absolute atomic E-state index is 0.109. The van der Waals surface area contributed by atoms with Crippen molar-refractivity contribution in [1.29, 1.82) is 0 Å². The maximum absolute atomic E-state index is 12.1. The van der Waals surface area contributed by atoms with E-state index in [9.17, 15) is 9.90 Å². The molecular formula is C23H34N6O5. The van der Waals surface area contributed by atoms with E-state index in [2.05, 4.69) is 25.6 Å². The third-order valence-electron chi connectivity index (χ3n) is 5.21. The van der Waals surface area contributed by atoms with E-state index in [1.807, 2.05) is 32.9 Å². The fraction of sp³-hybridized carbons (Fsp3) is 0.565. The molecule has 0 bridgehead atoms. The Kier molecular flexibility index (Phi) is 8.69. The van der Waals surface area contributed by atoms with Crippen LogP contribution in [0.25, 0.3) is 0 Å². The van der Waals surface area contributed by atoms with Crippen LogP contribution in [-0.4, -0.2) is 76.1 Å². The van der Waals surface area contributed by atoms with Crippen molar-refractivity contribution in [2.24, 2.45) is 0 Å². The van der Waals surface area contributed by atoms with Crippen LogP contribution < -0.4 is 20.1 Å². The molecule has 1 fully saturated rings. The van der Waals surface area contributed by atoms with Gasteiger partial charge in [0.2, 0.25) is 5.75 Å². The summed E-state index contributed by atoms with van der Waals surface area (Å²) >= 11 is 0. The number of methoxy groups -OCH3 is 1. The van der Waals surface area contributed by atoms with Crippen LogP contribution in [0.3, 0.4) is 0 Å². The van der Waals surface area contributed by atoms with Crippen molar-refractivity contribution in [2.45, 2.75) is 58.8 Å². The Morgan fingerprint density at radius 1 is 1.24 bits per heavy atom. The number of aliphatic hydroxyl groups excluding tert-OH is 1. The molecule has 1 saturated heterocycles. The summed E-state index contributed by atoms with van der Waals surface area (Å²) in [6, 6.07) is 3.70. The van der Waals surface area contributed by atoms with Gasteiger partial charge >= 0.3 is 6.09 Å². The van der Waals surface area contributed by atoms with Crippen LogP contribution in [0.4, 0.5) is 22.1 Å². The molecule has 34 heavy (non-hydrogen) atoms. The molecule has 1 aliphatic rings. The summed E-state index contributed by atoms with van der Waals surface area (Å²) in [5, 5.41) is 15.8. The van der Waals surface area contributed by atoms with Crippen molar-refractivity contribution in [1.82, 2.24) is 19.9 Å². The first-order valence-corrected chi connectivity index (χ1v) is 11.4. The van der Waals surface area contributed by atoms with Crippen LogP contribution in [0.2, 0.25) is 0 Å². The van der Waals surface area contributed by atoms with Gasteiger partial charge in [-0.25, -0.2) is 14.8 Å². The zero-order valence-corrected chi connectivity index (χ0v) is 20.4. The molecule has 1 atom stereocenters. The molecule has 3 heterocycles. The lowest BCUT2D eigenvalue weighted by molar-refractivity contribution is 0.0500. The topological polar surface area (TPSA) is 131 Å². The van der Waals surface area contributed by atoms with E-state index in [4.69, 9.17) is 14.2 Å². The van der Waals surface area contributed by atoms with E-state index in [-0.39, 0.29) is 18.3 Å². The number of hydrogen-bond acceptors (Lipinski definition) is 10. The van der Waals surface area contributed by atoms with E-state index < -0.39 is 6.10 Å². The van der Waals surface area contributed by atoms with Crippen molar-refractivity contribution in [3.05, 3.63) is 24.2 Å². The monoisotopic (exact) mass is 474 g/mol. The lowest BCUT2D eigenvalue weighted by Crippen LogP contribution is -2.42. The number of carbonyl (C=O) groups excluding carboxylic acids is 1. The number of nitrogens with one attached hydrogen (secondary N) is 2. The molecule has 0 radical (unpaired) electrons. The largest absolute Gasteiger partial charge is 0.489 e. The van der Waals surface area contributed by atoms with Gasteiger partial charge in [0.15, 0.2) is 5.82 Å². The minimum Gasteiger partial charge on any atom is -0.489 e. The average Bonchev–Trinajstić information content (AvgIpc) is 2.79. The molecule has 186 valence electrons. The summed E-state index contributed by atoms with van der Waals surface area (Å²) in [5.41, 5.74) is 1.50. The van der Waals surface area contributed by atoms with E-state index in [1.165, 1.54) is 13.4 Å². The third-order valence-corrected chi connectivity index (χ3v) is 5.21. The normalized spacial score (nSPS) is 15.1. The van der Waals surface area contributed by atoms with Crippen molar-refractivity contribution in [2.75, 3.05) is 37.4 Å². The number of nitrogens with zero attached hydrogens (tertiary/aromatic N) is 4. The number of hydrogen-bond donors (Lipinski definition) is 3. The fourth-order valence-electron chi connectivity index (χ4n) is 3.48. The lowest BCUT2D eigenvalue weighted by Gasteiger charge is -2.31. The Bertz CT molecular complexity index is 963. The smallest absolute Gasteiger partial charge is 0.410 e. The Labute approximate surface area is 199 Å². The highest BCUT2D eigenvalue weighted by Crippen LogP contribution is 2.35. The van der Waals surface area contributed by atoms with Gasteiger partial charge < -0.3 is 34.9 Å². The van der Waals surface area contributed by atoms with Crippen LogP contribution in [0.5, 0.6) is 11.6 Å². The standard InChI is InChI=1S/C23H34N6O5/c1-14(2)33-23(31)29-10-8-17(9-11-29)34-22-20(32-5)21(25-13-26-22)28-18-6-7-19(27-16(18)4)24-12-15(3)30/h6-7,13-15,17,30H,8-12H2,1-5H3,(H,24,27)(H,25,26,28). The van der Waals surface area contributed by atoms with Crippen molar-refractivity contribution < 1.29 is 24.1 Å². The van der Waals surface area contributed by atoms with Crippen LogP contribution in [0.1, 0.15) is 39.3 Å². The van der Waals surface area contributed by atoms with E-state index in [1.54, 1.807) is 11.8 Å². The molecule has 2 aromatic heterocycles. The number of aryl methyl sites for hydroxylation is 1. The van der Waals surface area contributed by atoms with Crippen LogP contribution >= 0.6 is 0 Å². The first kappa shape index (κ1) is 25.3. The summed E-state index contributed by atoms with van der Waals surface area (Å²) in [6.45, 7) is 8.77. The third kappa shape index (κ3) is 6.83. The van der Waals surface area contributed by atoms with E-state index >= 15 is 0 Å². The Morgan fingerprint density at radius 3 is 2.59 bits per heavy atom. The highest BCUT2D eigenvalue weighted by atomic mass is 16.6. The zero-order chi connectivity index (χ0) is 24.7. The Morgan fingerprint density at radius 2 is 1.97 bits per heavy atom. The molecule has 2 aromatic rings. The van der Waals surface area contributed by atoms with E-state index in [0.29, 0.717) is 55.7 Å². The van der Waals surface area contributed by atoms with Gasteiger partial charge in [-0.3, -0.25) is 0 Å². The molecule has 1 unspecified atom stereocenters. The summed E-state index contributed by atoms with van der Waals surface area (Å²) in [6.07, 6.45) is 1.72. The molecule has 11 heteroatoms. The first-order chi connectivity index (χ1) is 16.3. The Hall–Kier alpha value is -3.34. The first-order valence-electron chi connectivity index (χ1n) is 11.4. The maximum atomic E-state index is 12.1. The molecule has 0 aliphatic carbocycles. The summed E-state index contributed by atoms with van der Waals surface area (Å²) in [7, 11) is 1.54. The van der Waals surface area contributed by atoms with Crippen molar-refractivity contribution in [3.8, 4) is 11.6 Å². The van der Waals surface area contributed by atoms with Gasteiger partial charge in [0.05, 0.1) is 30.7 Å². The van der Waals surface area contributed by atoms with Gasteiger partial charge in [0.25, 0.3) is 5.88 Å². The fourth-order valence-corrected chi connectivity index (χ4v) is 3.48. The lowest BCUT2D eigenvalue weighted by atomic mass is 10.1. The quantitative estimate of drug-likeness (QED) is 0.498. The van der Waals surface area contributed by atoms with Gasteiger partial charge in [-0.05, 0) is 39.8 Å². The molecule has 1 aliphatic heterocycles. The predicted octanol–water partition coefficient (Wildman–Crippen LogP) is 3.11. The summed E-state index contributed by atoms with van der Waals surface area (Å²) in [4.78, 5) is 26.9. The highest BCUT2D eigenvalue weighted by molar-refractivity contribution is 5.68. The maximum Gasteiger partial charge on any atom is 0.410 e. The summed E-state index contributed by atoms with van der Waals surface area (Å²) < 4.78 is 17.0. The number of amides is 1. The summed E-state index contributed by atoms with van der Waals surface area (Å²) in [5.74, 6) is 1.86. The van der Waals surface area contributed by atoms with Gasteiger partial charge in [-0.15, -0.1) is 0 Å². The number of rotatable bonds is 9. The van der Waals surface area contributed by atoms with Gasteiger partial charge in [-0.2, -0.15) is 4.98 Å². The van der Waals surface area contributed by atoms with Gasteiger partial charge in [0, 0.05) is 32.5 Å². The predicted molar refractivity (Wildman–Crippen MR) is 128 cm³/mol. The van der Waals surface area contributed by atoms with Crippen molar-refractivity contribution in [3.63, 3.8) is 0 Å². The van der Waals surface area contributed by atoms with Crippen molar-refractivity contribution >= 4 is 23.4 Å². The van der Waals surface area contributed by atoms with Crippen LogP contribution in [0.15, 0.2) is 18.5 Å². The number of aliphatic hydroxyl groups is 1. The molecule has 3 N–H and O–H groups in total. The van der Waals surface area contributed by atoms with Gasteiger partial charge in [-0.1, -0.05) is 0 Å². The molecule has 0 aromatic carbocycles. The number of carbonyl (C=O) groups is 1. The number of likely N-dealkylation sites (tertiary alicyclic amines) is 1. The second kappa shape index (κ2) is 11.7. The van der Waals surface area contributed by atoms with Crippen LogP contribution in [0, 0.1) is 6.92 Å². The molecule has 1 amide bonds. The second-order valence-corrected chi connectivity index (χ2v) is 8.48. The SMILES string of the molecule is COc1c(Nc2ccc(NCC(C)O)nc2C)ncnc1OC1CCN(C(=O)OC(C)C)CC1. The average molecular weight is 475 g/mol. The Balaban J connectivity index is 1.65. The number of anilines is 3. The van der Waals surface area contributed by atoms with Crippen LogP contribution in [-0.2, 0) is 4.74 Å².